The Labute approximate surface area is 227 Å². The van der Waals surface area contributed by atoms with Crippen LogP contribution in [0.15, 0.2) is 52.5 Å². The van der Waals surface area contributed by atoms with Crippen LogP contribution < -0.4 is 4.74 Å². The van der Waals surface area contributed by atoms with E-state index in [2.05, 4.69) is 27.8 Å². The van der Waals surface area contributed by atoms with Gasteiger partial charge < -0.3 is 19.5 Å². The van der Waals surface area contributed by atoms with Crippen LogP contribution >= 0.6 is 15.9 Å². The zero-order valence-electron chi connectivity index (χ0n) is 21.5. The number of ketones is 1. The van der Waals surface area contributed by atoms with Gasteiger partial charge in [0.05, 0.1) is 31.4 Å². The molecule has 0 radical (unpaired) electrons. The Bertz CT molecular complexity index is 1160. The normalized spacial score (nSPS) is 20.0. The van der Waals surface area contributed by atoms with Crippen molar-refractivity contribution < 1.29 is 24.2 Å². The molecule has 198 valence electrons. The molecule has 2 fully saturated rings. The molecule has 0 spiro atoms. The molecule has 0 saturated carbocycles. The molecule has 2 heterocycles. The number of rotatable bonds is 10. The van der Waals surface area contributed by atoms with Gasteiger partial charge in [-0.3, -0.25) is 14.5 Å². The van der Waals surface area contributed by atoms with Gasteiger partial charge in [0.25, 0.3) is 11.7 Å². The van der Waals surface area contributed by atoms with Gasteiger partial charge in [-0.25, -0.2) is 0 Å². The average Bonchev–Trinajstić information content (AvgIpc) is 3.14. The fraction of sp³-hybridized carbons (Fsp3) is 0.448. The molecule has 0 aromatic heterocycles. The lowest BCUT2D eigenvalue weighted by Crippen LogP contribution is -2.38. The van der Waals surface area contributed by atoms with Gasteiger partial charge in [-0.1, -0.05) is 41.4 Å². The van der Waals surface area contributed by atoms with E-state index < -0.39 is 17.7 Å². The molecular weight excluding hydrogens is 536 g/mol. The van der Waals surface area contributed by atoms with Gasteiger partial charge in [-0.2, -0.15) is 0 Å². The van der Waals surface area contributed by atoms with E-state index in [1.165, 1.54) is 0 Å². The Kier molecular flexibility index (Phi) is 9.40. The molecule has 2 aromatic rings. The van der Waals surface area contributed by atoms with Crippen molar-refractivity contribution in [3.63, 3.8) is 0 Å². The Morgan fingerprint density at radius 2 is 1.89 bits per heavy atom. The second-order valence-electron chi connectivity index (χ2n) is 9.53. The lowest BCUT2D eigenvalue weighted by molar-refractivity contribution is -0.140. The summed E-state index contributed by atoms with van der Waals surface area (Å²) in [6.07, 6.45) is 2.73. The number of hydrogen-bond donors (Lipinski definition) is 1. The first-order chi connectivity index (χ1) is 17.9. The lowest BCUT2D eigenvalue weighted by atomic mass is 9.94. The Balaban J connectivity index is 1.65. The summed E-state index contributed by atoms with van der Waals surface area (Å²) >= 11 is 3.51. The van der Waals surface area contributed by atoms with Crippen molar-refractivity contribution in [2.45, 2.75) is 39.2 Å². The molecule has 2 aliphatic rings. The van der Waals surface area contributed by atoms with Crippen LogP contribution in [0.5, 0.6) is 5.75 Å². The molecule has 1 N–H and O–H groups in total. The van der Waals surface area contributed by atoms with Crippen LogP contribution in [0, 0.1) is 6.92 Å². The molecule has 2 saturated heterocycles. The van der Waals surface area contributed by atoms with E-state index in [1.807, 2.05) is 37.3 Å². The maximum atomic E-state index is 13.3. The minimum atomic E-state index is -0.665. The molecule has 37 heavy (non-hydrogen) atoms. The molecule has 1 atom stereocenters. The van der Waals surface area contributed by atoms with Crippen molar-refractivity contribution in [2.75, 3.05) is 46.0 Å². The van der Waals surface area contributed by atoms with E-state index in [-0.39, 0.29) is 11.3 Å². The van der Waals surface area contributed by atoms with Crippen molar-refractivity contribution in [3.05, 3.63) is 69.2 Å². The van der Waals surface area contributed by atoms with Crippen LogP contribution in [0.25, 0.3) is 5.76 Å². The number of likely N-dealkylation sites (tertiary alicyclic amines) is 1. The average molecular weight is 572 g/mol. The SMILES string of the molecule is CCCCOc1ccc(/C(O)=C2\C(=O)C(=O)N(CCCN3CCOCC3)[C@@H]2c2cccc(Br)c2)c(C)c1. The first-order valence-electron chi connectivity index (χ1n) is 13.0. The van der Waals surface area contributed by atoms with E-state index >= 15 is 0 Å². The zero-order chi connectivity index (χ0) is 26.4. The summed E-state index contributed by atoms with van der Waals surface area (Å²) in [6, 6.07) is 12.3. The number of aryl methyl sites for hydroxylation is 1. The van der Waals surface area contributed by atoms with Crippen molar-refractivity contribution >= 4 is 33.4 Å². The minimum absolute atomic E-state index is 0.122. The van der Waals surface area contributed by atoms with Crippen LogP contribution in [0.2, 0.25) is 0 Å². The lowest BCUT2D eigenvalue weighted by Gasteiger charge is -2.29. The maximum Gasteiger partial charge on any atom is 0.295 e. The summed E-state index contributed by atoms with van der Waals surface area (Å²) < 4.78 is 12.1. The first-order valence-corrected chi connectivity index (χ1v) is 13.8. The standard InChI is InChI=1S/C29H35BrN2O5/c1-3-4-15-37-23-9-10-24(20(2)18-23)27(33)25-26(21-7-5-8-22(30)19-21)32(29(35)28(25)34)12-6-11-31-13-16-36-17-14-31/h5,7-10,18-19,26,33H,3-4,6,11-17H2,1-2H3/b27-25+/t26-/m1/s1. The number of carbonyl (C=O) groups is 2. The second kappa shape index (κ2) is 12.7. The highest BCUT2D eigenvalue weighted by molar-refractivity contribution is 9.10. The summed E-state index contributed by atoms with van der Waals surface area (Å²) in [5.41, 5.74) is 2.20. The van der Waals surface area contributed by atoms with Gasteiger partial charge in [-0.15, -0.1) is 0 Å². The smallest absolute Gasteiger partial charge is 0.295 e. The molecule has 1 amide bonds. The third-order valence-corrected chi connectivity index (χ3v) is 7.39. The molecule has 0 unspecified atom stereocenters. The highest BCUT2D eigenvalue weighted by atomic mass is 79.9. The maximum absolute atomic E-state index is 13.3. The number of aliphatic hydroxyl groups excluding tert-OH is 1. The monoisotopic (exact) mass is 570 g/mol. The van der Waals surface area contributed by atoms with Gasteiger partial charge in [-0.05, 0) is 61.2 Å². The molecule has 0 bridgehead atoms. The Morgan fingerprint density at radius 1 is 1.11 bits per heavy atom. The van der Waals surface area contributed by atoms with Crippen LogP contribution in [-0.2, 0) is 14.3 Å². The topological polar surface area (TPSA) is 79.3 Å². The van der Waals surface area contributed by atoms with Gasteiger partial charge in [0.15, 0.2) is 0 Å². The van der Waals surface area contributed by atoms with Crippen molar-refractivity contribution in [3.8, 4) is 5.75 Å². The number of carbonyl (C=O) groups excluding carboxylic acids is 2. The van der Waals surface area contributed by atoms with Crippen molar-refractivity contribution in [1.29, 1.82) is 0 Å². The molecule has 4 rings (SSSR count). The molecule has 0 aliphatic carbocycles. The number of benzene rings is 2. The predicted molar refractivity (Wildman–Crippen MR) is 147 cm³/mol. The fourth-order valence-corrected chi connectivity index (χ4v) is 5.31. The number of morpholine rings is 1. The summed E-state index contributed by atoms with van der Waals surface area (Å²) in [6.45, 7) is 8.99. The van der Waals surface area contributed by atoms with Crippen LogP contribution in [0.1, 0.15) is 48.9 Å². The van der Waals surface area contributed by atoms with Crippen LogP contribution in [-0.4, -0.2) is 72.6 Å². The first kappa shape index (κ1) is 27.4. The van der Waals surface area contributed by atoms with Crippen molar-refractivity contribution in [2.24, 2.45) is 0 Å². The number of nitrogens with zero attached hydrogens (tertiary/aromatic N) is 2. The number of unbranched alkanes of at least 4 members (excludes halogenated alkanes) is 1. The molecule has 2 aliphatic heterocycles. The van der Waals surface area contributed by atoms with Gasteiger partial charge in [0.2, 0.25) is 0 Å². The number of Topliss-reactive ketones (excluding diaryl/α,β-unsaturated/α-hetero) is 1. The second-order valence-corrected chi connectivity index (χ2v) is 10.4. The Morgan fingerprint density at radius 3 is 2.59 bits per heavy atom. The number of halogens is 1. The number of ether oxygens (including phenoxy) is 2. The van der Waals surface area contributed by atoms with Gasteiger partial charge in [0.1, 0.15) is 11.5 Å². The minimum Gasteiger partial charge on any atom is -0.507 e. The third-order valence-electron chi connectivity index (χ3n) is 6.90. The largest absolute Gasteiger partial charge is 0.507 e. The van der Waals surface area contributed by atoms with Crippen molar-refractivity contribution in [1.82, 2.24) is 9.80 Å². The zero-order valence-corrected chi connectivity index (χ0v) is 23.1. The molecule has 8 heteroatoms. The van der Waals surface area contributed by atoms with Gasteiger partial charge >= 0.3 is 0 Å². The summed E-state index contributed by atoms with van der Waals surface area (Å²) in [5, 5.41) is 11.4. The van der Waals surface area contributed by atoms with E-state index in [1.54, 1.807) is 17.0 Å². The number of aliphatic hydroxyl groups is 1. The van der Waals surface area contributed by atoms with E-state index in [9.17, 15) is 14.7 Å². The highest BCUT2D eigenvalue weighted by Crippen LogP contribution is 2.40. The van der Waals surface area contributed by atoms with E-state index in [0.717, 1.165) is 60.2 Å². The number of amides is 1. The van der Waals surface area contributed by atoms with Gasteiger partial charge in [0, 0.05) is 36.2 Å². The Hall–Kier alpha value is -2.68. The summed E-state index contributed by atoms with van der Waals surface area (Å²) in [4.78, 5) is 30.5. The van der Waals surface area contributed by atoms with Crippen LogP contribution in [0.4, 0.5) is 0 Å². The highest BCUT2D eigenvalue weighted by Gasteiger charge is 2.46. The van der Waals surface area contributed by atoms with Crippen LogP contribution in [0.3, 0.4) is 0 Å². The third kappa shape index (κ3) is 6.43. The number of hydrogen-bond acceptors (Lipinski definition) is 6. The van der Waals surface area contributed by atoms with E-state index in [0.29, 0.717) is 31.9 Å². The molecule has 7 nitrogen and oxygen atoms in total. The summed E-state index contributed by atoms with van der Waals surface area (Å²) in [7, 11) is 0. The quantitative estimate of drug-likeness (QED) is 0.186. The predicted octanol–water partition coefficient (Wildman–Crippen LogP) is 5.08. The molecule has 2 aromatic carbocycles. The molecular formula is C29H35BrN2O5. The van der Waals surface area contributed by atoms with E-state index in [4.69, 9.17) is 9.47 Å². The fourth-order valence-electron chi connectivity index (χ4n) is 4.89. The summed E-state index contributed by atoms with van der Waals surface area (Å²) in [5.74, 6) is -0.673.